The van der Waals surface area contributed by atoms with Crippen LogP contribution in [0.3, 0.4) is 0 Å². The summed E-state index contributed by atoms with van der Waals surface area (Å²) in [5, 5.41) is 11.6. The number of aliphatic hydroxyl groups is 1. The summed E-state index contributed by atoms with van der Waals surface area (Å²) in [7, 11) is 1.53. The normalized spacial score (nSPS) is 15.1. The average molecular weight is 550 g/mol. The Morgan fingerprint density at radius 2 is 1.76 bits per heavy atom. The van der Waals surface area contributed by atoms with E-state index in [0.717, 1.165) is 17.3 Å². The van der Waals surface area contributed by atoms with Crippen molar-refractivity contribution in [2.75, 3.05) is 13.7 Å². The van der Waals surface area contributed by atoms with E-state index in [2.05, 4.69) is 4.99 Å². The largest absolute Gasteiger partial charge is 0.506 e. The molecule has 194 valence electrons. The zero-order valence-electron chi connectivity index (χ0n) is 20.6. The smallest absolute Gasteiger partial charge is 0.344 e. The molecule has 1 heterocycles. The maximum Gasteiger partial charge on any atom is 0.344 e. The topological polar surface area (TPSA) is 94.4 Å². The van der Waals surface area contributed by atoms with Crippen molar-refractivity contribution in [3.63, 3.8) is 0 Å². The molecule has 0 unspecified atom stereocenters. The number of halogens is 1. The van der Waals surface area contributed by atoms with Gasteiger partial charge in [0.2, 0.25) is 0 Å². The Morgan fingerprint density at radius 1 is 1.03 bits per heavy atom. The Labute approximate surface area is 229 Å². The van der Waals surface area contributed by atoms with Crippen LogP contribution in [0.1, 0.15) is 28.4 Å². The van der Waals surface area contributed by atoms with Crippen LogP contribution in [-0.2, 0) is 16.1 Å². The second-order valence-corrected chi connectivity index (χ2v) is 9.44. The molecule has 0 aliphatic carbocycles. The molecule has 0 aromatic heterocycles. The van der Waals surface area contributed by atoms with E-state index in [0.29, 0.717) is 39.2 Å². The number of carbonyl (C=O) groups excluding carboxylic acids is 2. The fraction of sp³-hybridized carbons (Fsp3) is 0.138. The van der Waals surface area contributed by atoms with Gasteiger partial charge < -0.3 is 19.3 Å². The van der Waals surface area contributed by atoms with Crippen LogP contribution >= 0.6 is 23.4 Å². The third kappa shape index (κ3) is 6.45. The van der Waals surface area contributed by atoms with Crippen LogP contribution in [-0.4, -0.2) is 35.7 Å². The van der Waals surface area contributed by atoms with Crippen molar-refractivity contribution in [3.8, 4) is 11.5 Å². The Hall–Kier alpha value is -4.01. The SMILES string of the molecule is CCOC(=O)C1=C(O)/C(=C/c2ccc(OCc3ccc(Cl)cc3)c(OC)c2)SC1=NC(=O)c1ccccc1. The van der Waals surface area contributed by atoms with Gasteiger partial charge in [0.05, 0.1) is 18.6 Å². The van der Waals surface area contributed by atoms with E-state index in [1.54, 1.807) is 73.7 Å². The molecule has 0 fully saturated rings. The summed E-state index contributed by atoms with van der Waals surface area (Å²) in [6, 6.07) is 21.1. The Morgan fingerprint density at radius 3 is 2.45 bits per heavy atom. The highest BCUT2D eigenvalue weighted by molar-refractivity contribution is 8.18. The van der Waals surface area contributed by atoms with Crippen LogP contribution in [0, 0.1) is 0 Å². The minimum atomic E-state index is -0.760. The number of benzene rings is 3. The van der Waals surface area contributed by atoms with Crippen molar-refractivity contribution < 1.29 is 28.9 Å². The fourth-order valence-electron chi connectivity index (χ4n) is 3.52. The number of amides is 1. The first-order valence-electron chi connectivity index (χ1n) is 11.6. The van der Waals surface area contributed by atoms with Gasteiger partial charge in [-0.05, 0) is 60.5 Å². The first-order chi connectivity index (χ1) is 18.4. The van der Waals surface area contributed by atoms with Crippen LogP contribution in [0.25, 0.3) is 6.08 Å². The Kier molecular flexibility index (Phi) is 8.89. The summed E-state index contributed by atoms with van der Waals surface area (Å²) in [6.45, 7) is 2.09. The monoisotopic (exact) mass is 549 g/mol. The van der Waals surface area contributed by atoms with E-state index in [1.165, 1.54) is 7.11 Å². The highest BCUT2D eigenvalue weighted by Gasteiger charge is 2.34. The number of hydrogen-bond acceptors (Lipinski definition) is 7. The summed E-state index contributed by atoms with van der Waals surface area (Å²) < 4.78 is 16.5. The zero-order chi connectivity index (χ0) is 27.1. The lowest BCUT2D eigenvalue weighted by Crippen LogP contribution is -2.14. The number of methoxy groups -OCH3 is 1. The molecule has 1 N–H and O–H groups in total. The predicted molar refractivity (Wildman–Crippen MR) is 149 cm³/mol. The summed E-state index contributed by atoms with van der Waals surface area (Å²) in [5.41, 5.74) is 1.83. The zero-order valence-corrected chi connectivity index (χ0v) is 22.2. The number of aliphatic imine (C=N–C) groups is 1. The Bertz CT molecular complexity index is 1430. The molecule has 0 atom stereocenters. The van der Waals surface area contributed by atoms with Crippen molar-refractivity contribution in [3.05, 3.63) is 111 Å². The molecule has 38 heavy (non-hydrogen) atoms. The molecule has 1 aliphatic rings. The molecule has 4 rings (SSSR count). The number of esters is 1. The van der Waals surface area contributed by atoms with Crippen molar-refractivity contribution in [2.24, 2.45) is 4.99 Å². The molecule has 0 saturated carbocycles. The van der Waals surface area contributed by atoms with Crippen LogP contribution in [0.5, 0.6) is 11.5 Å². The standard InChI is InChI=1S/C29H24ClNO6S/c1-3-36-29(34)25-26(32)24(38-28(25)31-27(33)20-7-5-4-6-8-20)16-19-11-14-22(23(15-19)35-2)37-17-18-9-12-21(30)13-10-18/h4-16,32H,3,17H2,1-2H3/b24-16-,31-28?. The lowest BCUT2D eigenvalue weighted by Gasteiger charge is -2.12. The molecular weight excluding hydrogens is 526 g/mol. The number of carbonyl (C=O) groups is 2. The molecular formula is C29H24ClNO6S. The number of aliphatic hydroxyl groups excluding tert-OH is 1. The van der Waals surface area contributed by atoms with E-state index in [9.17, 15) is 14.7 Å². The minimum absolute atomic E-state index is 0.0657. The molecule has 0 saturated heterocycles. The highest BCUT2D eigenvalue weighted by atomic mass is 35.5. The van der Waals surface area contributed by atoms with Gasteiger partial charge in [-0.15, -0.1) is 0 Å². The van der Waals surface area contributed by atoms with Gasteiger partial charge in [-0.25, -0.2) is 9.79 Å². The molecule has 3 aromatic carbocycles. The second kappa shape index (κ2) is 12.5. The van der Waals surface area contributed by atoms with Gasteiger partial charge in [-0.3, -0.25) is 4.79 Å². The molecule has 1 amide bonds. The van der Waals surface area contributed by atoms with Gasteiger partial charge in [0.25, 0.3) is 5.91 Å². The molecule has 9 heteroatoms. The van der Waals surface area contributed by atoms with Gasteiger partial charge in [0.1, 0.15) is 23.0 Å². The van der Waals surface area contributed by atoms with E-state index in [4.69, 9.17) is 25.8 Å². The van der Waals surface area contributed by atoms with Crippen LogP contribution < -0.4 is 9.47 Å². The molecule has 3 aromatic rings. The first-order valence-corrected chi connectivity index (χ1v) is 12.8. The van der Waals surface area contributed by atoms with Crippen LogP contribution in [0.2, 0.25) is 5.02 Å². The Balaban J connectivity index is 1.61. The average Bonchev–Trinajstić information content (AvgIpc) is 3.23. The third-order valence-electron chi connectivity index (χ3n) is 5.39. The number of nitrogens with zero attached hydrogens (tertiary/aromatic N) is 1. The first kappa shape index (κ1) is 27.0. The van der Waals surface area contributed by atoms with E-state index >= 15 is 0 Å². The number of thioether (sulfide) groups is 1. The molecule has 1 aliphatic heterocycles. The molecule has 0 radical (unpaired) electrons. The van der Waals surface area contributed by atoms with Crippen molar-refractivity contribution >= 4 is 46.4 Å². The van der Waals surface area contributed by atoms with Crippen molar-refractivity contribution in [1.29, 1.82) is 0 Å². The number of hydrogen-bond donors (Lipinski definition) is 1. The van der Waals surface area contributed by atoms with Gasteiger partial charge >= 0.3 is 5.97 Å². The molecule has 0 spiro atoms. The van der Waals surface area contributed by atoms with Gasteiger partial charge in [-0.2, -0.15) is 0 Å². The van der Waals surface area contributed by atoms with Crippen LogP contribution in [0.15, 0.2) is 94.0 Å². The van der Waals surface area contributed by atoms with Crippen LogP contribution in [0.4, 0.5) is 0 Å². The molecule has 7 nitrogen and oxygen atoms in total. The lowest BCUT2D eigenvalue weighted by molar-refractivity contribution is -0.138. The van der Waals surface area contributed by atoms with Crippen molar-refractivity contribution in [2.45, 2.75) is 13.5 Å². The number of rotatable bonds is 8. The maximum absolute atomic E-state index is 12.7. The van der Waals surface area contributed by atoms with E-state index < -0.39 is 11.9 Å². The second-order valence-electron chi connectivity index (χ2n) is 7.97. The maximum atomic E-state index is 12.7. The fourth-order valence-corrected chi connectivity index (χ4v) is 4.65. The van der Waals surface area contributed by atoms with E-state index in [1.807, 2.05) is 12.1 Å². The van der Waals surface area contributed by atoms with E-state index in [-0.39, 0.29) is 23.0 Å². The minimum Gasteiger partial charge on any atom is -0.506 e. The summed E-state index contributed by atoms with van der Waals surface area (Å²) in [6.07, 6.45) is 1.67. The lowest BCUT2D eigenvalue weighted by atomic mass is 10.1. The van der Waals surface area contributed by atoms with Gasteiger partial charge in [0, 0.05) is 10.6 Å². The molecule has 0 bridgehead atoms. The predicted octanol–water partition coefficient (Wildman–Crippen LogP) is 6.63. The van der Waals surface area contributed by atoms with Gasteiger partial charge in [0.15, 0.2) is 11.5 Å². The summed E-state index contributed by atoms with van der Waals surface area (Å²) >= 11 is 6.95. The summed E-state index contributed by atoms with van der Waals surface area (Å²) in [5.74, 6) is -0.586. The summed E-state index contributed by atoms with van der Waals surface area (Å²) in [4.78, 5) is 29.7. The van der Waals surface area contributed by atoms with Gasteiger partial charge in [-0.1, -0.05) is 59.8 Å². The number of ether oxygens (including phenoxy) is 3. The quantitative estimate of drug-likeness (QED) is 0.315. The highest BCUT2D eigenvalue weighted by Crippen LogP contribution is 2.40. The third-order valence-corrected chi connectivity index (χ3v) is 6.66. The van der Waals surface area contributed by atoms with Crippen molar-refractivity contribution in [1.82, 2.24) is 0 Å².